The van der Waals surface area contributed by atoms with Gasteiger partial charge in [-0.15, -0.1) is 0 Å². The Labute approximate surface area is 218 Å². The molecular formula is C29H32Cl2N2O2. The molecule has 0 saturated heterocycles. The zero-order valence-corrected chi connectivity index (χ0v) is 21.9. The third-order valence-corrected chi connectivity index (χ3v) is 6.81. The molecule has 0 heterocycles. The first-order chi connectivity index (χ1) is 16.8. The Morgan fingerprint density at radius 2 is 1.54 bits per heavy atom. The fourth-order valence-corrected chi connectivity index (χ4v) is 4.49. The van der Waals surface area contributed by atoms with Gasteiger partial charge in [-0.3, -0.25) is 9.59 Å². The number of carbonyl (C=O) groups is 2. The van der Waals surface area contributed by atoms with Crippen molar-refractivity contribution in [3.8, 4) is 0 Å². The molecule has 4 nitrogen and oxygen atoms in total. The van der Waals surface area contributed by atoms with Crippen molar-refractivity contribution in [2.45, 2.75) is 58.7 Å². The lowest BCUT2D eigenvalue weighted by molar-refractivity contribution is -0.141. The number of benzene rings is 3. The number of nitrogens with zero attached hydrogens (tertiary/aromatic N) is 1. The van der Waals surface area contributed by atoms with Gasteiger partial charge in [0.2, 0.25) is 11.8 Å². The molecule has 6 heteroatoms. The van der Waals surface area contributed by atoms with Gasteiger partial charge in [-0.2, -0.15) is 0 Å². The molecule has 0 fully saturated rings. The van der Waals surface area contributed by atoms with Crippen LogP contribution in [-0.4, -0.2) is 28.8 Å². The second-order valence-electron chi connectivity index (χ2n) is 8.91. The van der Waals surface area contributed by atoms with Gasteiger partial charge in [0.25, 0.3) is 0 Å². The number of carbonyl (C=O) groups excluding carboxylic acids is 2. The summed E-state index contributed by atoms with van der Waals surface area (Å²) in [5.41, 5.74) is 3.59. The van der Waals surface area contributed by atoms with E-state index in [4.69, 9.17) is 23.2 Å². The van der Waals surface area contributed by atoms with E-state index in [2.05, 4.69) is 5.32 Å². The summed E-state index contributed by atoms with van der Waals surface area (Å²) < 4.78 is 0. The average molecular weight is 511 g/mol. The predicted molar refractivity (Wildman–Crippen MR) is 144 cm³/mol. The van der Waals surface area contributed by atoms with Gasteiger partial charge >= 0.3 is 0 Å². The third-order valence-electron chi connectivity index (χ3n) is 6.10. The number of rotatable bonds is 10. The van der Waals surface area contributed by atoms with Crippen LogP contribution in [0.25, 0.3) is 0 Å². The zero-order chi connectivity index (χ0) is 25.4. The molecule has 0 aliphatic carbocycles. The number of halogens is 2. The first kappa shape index (κ1) is 26.8. The lowest BCUT2D eigenvalue weighted by Crippen LogP contribution is -2.52. The van der Waals surface area contributed by atoms with Crippen molar-refractivity contribution in [1.29, 1.82) is 0 Å². The van der Waals surface area contributed by atoms with Crippen molar-refractivity contribution >= 4 is 35.0 Å². The molecule has 3 aromatic rings. The summed E-state index contributed by atoms with van der Waals surface area (Å²) in [5.74, 6) is -0.379. The van der Waals surface area contributed by atoms with E-state index < -0.39 is 6.04 Å². The molecule has 0 bridgehead atoms. The quantitative estimate of drug-likeness (QED) is 0.343. The smallest absolute Gasteiger partial charge is 0.243 e. The number of aryl methyl sites for hydroxylation is 1. The van der Waals surface area contributed by atoms with E-state index in [-0.39, 0.29) is 24.3 Å². The molecule has 0 spiro atoms. The molecule has 2 unspecified atom stereocenters. The van der Waals surface area contributed by atoms with Crippen LogP contribution in [0.4, 0.5) is 0 Å². The minimum absolute atomic E-state index is 0.00490. The second-order valence-corrected chi connectivity index (χ2v) is 9.73. The summed E-state index contributed by atoms with van der Waals surface area (Å²) in [7, 11) is 0. The summed E-state index contributed by atoms with van der Waals surface area (Å²) in [5, 5.41) is 3.95. The molecule has 2 amide bonds. The van der Waals surface area contributed by atoms with Gasteiger partial charge in [-0.1, -0.05) is 96.4 Å². The highest BCUT2D eigenvalue weighted by molar-refractivity contribution is 6.36. The Balaban J connectivity index is 2.01. The van der Waals surface area contributed by atoms with Crippen LogP contribution in [0.15, 0.2) is 72.8 Å². The maximum Gasteiger partial charge on any atom is 0.243 e. The van der Waals surface area contributed by atoms with E-state index in [0.717, 1.165) is 23.1 Å². The van der Waals surface area contributed by atoms with Crippen LogP contribution in [-0.2, 0) is 29.0 Å². The van der Waals surface area contributed by atoms with Crippen LogP contribution in [0.5, 0.6) is 0 Å². The molecule has 0 aromatic heterocycles. The second kappa shape index (κ2) is 12.8. The zero-order valence-electron chi connectivity index (χ0n) is 20.4. The summed E-state index contributed by atoms with van der Waals surface area (Å²) in [6.45, 7) is 6.30. The molecule has 0 aliphatic heterocycles. The van der Waals surface area contributed by atoms with Crippen molar-refractivity contribution in [2.75, 3.05) is 0 Å². The van der Waals surface area contributed by atoms with E-state index >= 15 is 0 Å². The van der Waals surface area contributed by atoms with Gasteiger partial charge in [0.1, 0.15) is 6.04 Å². The maximum absolute atomic E-state index is 13.8. The first-order valence-electron chi connectivity index (χ1n) is 11.9. The fourth-order valence-electron chi connectivity index (χ4n) is 3.96. The SMILES string of the molecule is CCC(C)NC(=O)C(Cc1ccccc1)N(Cc1cccc(C)c1)C(=O)Cc1c(Cl)cccc1Cl. The molecule has 0 aliphatic rings. The molecule has 35 heavy (non-hydrogen) atoms. The highest BCUT2D eigenvalue weighted by Crippen LogP contribution is 2.26. The Hall–Kier alpha value is -2.82. The summed E-state index contributed by atoms with van der Waals surface area (Å²) in [6.07, 6.45) is 1.20. The van der Waals surface area contributed by atoms with E-state index in [9.17, 15) is 9.59 Å². The van der Waals surface area contributed by atoms with Crippen molar-refractivity contribution in [3.05, 3.63) is 105 Å². The van der Waals surface area contributed by atoms with Gasteiger partial charge in [0.05, 0.1) is 6.42 Å². The normalized spacial score (nSPS) is 12.6. The minimum atomic E-state index is -0.694. The van der Waals surface area contributed by atoms with E-state index in [0.29, 0.717) is 28.6 Å². The minimum Gasteiger partial charge on any atom is -0.352 e. The topological polar surface area (TPSA) is 49.4 Å². The van der Waals surface area contributed by atoms with Crippen LogP contribution in [0, 0.1) is 6.92 Å². The van der Waals surface area contributed by atoms with Gasteiger partial charge in [-0.25, -0.2) is 0 Å². The average Bonchev–Trinajstić information content (AvgIpc) is 2.84. The third kappa shape index (κ3) is 7.58. The number of amides is 2. The van der Waals surface area contributed by atoms with E-state index in [1.54, 1.807) is 23.1 Å². The Bertz CT molecular complexity index is 1130. The van der Waals surface area contributed by atoms with Gasteiger partial charge in [0, 0.05) is 29.1 Å². The Morgan fingerprint density at radius 3 is 2.17 bits per heavy atom. The molecule has 184 valence electrons. The van der Waals surface area contributed by atoms with Crippen molar-refractivity contribution < 1.29 is 9.59 Å². The standard InChI is InChI=1S/C29H32Cl2N2O2/c1-4-21(3)32-29(35)27(17-22-11-6-5-7-12-22)33(19-23-13-8-10-20(2)16-23)28(34)18-24-25(30)14-9-15-26(24)31/h5-16,21,27H,4,17-19H2,1-3H3,(H,32,35). The van der Waals surface area contributed by atoms with Crippen LogP contribution >= 0.6 is 23.2 Å². The molecular weight excluding hydrogens is 479 g/mol. The van der Waals surface area contributed by atoms with E-state index in [1.807, 2.05) is 75.4 Å². The number of hydrogen-bond acceptors (Lipinski definition) is 2. The lowest BCUT2D eigenvalue weighted by atomic mass is 10.0. The predicted octanol–water partition coefficient (Wildman–Crippen LogP) is 6.40. The molecule has 3 rings (SSSR count). The number of nitrogens with one attached hydrogen (secondary N) is 1. The van der Waals surface area contributed by atoms with E-state index in [1.165, 1.54) is 0 Å². The largest absolute Gasteiger partial charge is 0.352 e. The summed E-state index contributed by atoms with van der Waals surface area (Å²) >= 11 is 12.8. The van der Waals surface area contributed by atoms with Crippen LogP contribution in [0.1, 0.15) is 42.5 Å². The van der Waals surface area contributed by atoms with Crippen molar-refractivity contribution in [2.24, 2.45) is 0 Å². The van der Waals surface area contributed by atoms with Crippen molar-refractivity contribution in [3.63, 3.8) is 0 Å². The molecule has 3 aromatic carbocycles. The fraction of sp³-hybridized carbons (Fsp3) is 0.310. The maximum atomic E-state index is 13.8. The molecule has 2 atom stereocenters. The highest BCUT2D eigenvalue weighted by atomic mass is 35.5. The monoisotopic (exact) mass is 510 g/mol. The summed E-state index contributed by atoms with van der Waals surface area (Å²) in [4.78, 5) is 29.0. The highest BCUT2D eigenvalue weighted by Gasteiger charge is 2.31. The van der Waals surface area contributed by atoms with Crippen molar-refractivity contribution in [1.82, 2.24) is 10.2 Å². The summed E-state index contributed by atoms with van der Waals surface area (Å²) in [6, 6.07) is 22.2. The molecule has 1 N–H and O–H groups in total. The number of hydrogen-bond donors (Lipinski definition) is 1. The molecule has 0 radical (unpaired) electrons. The lowest BCUT2D eigenvalue weighted by Gasteiger charge is -2.32. The van der Waals surface area contributed by atoms with Gasteiger partial charge in [0.15, 0.2) is 0 Å². The van der Waals surface area contributed by atoms with Crippen LogP contribution < -0.4 is 5.32 Å². The van der Waals surface area contributed by atoms with Gasteiger partial charge < -0.3 is 10.2 Å². The van der Waals surface area contributed by atoms with Crippen LogP contribution in [0.3, 0.4) is 0 Å². The van der Waals surface area contributed by atoms with Crippen LogP contribution in [0.2, 0.25) is 10.0 Å². The Morgan fingerprint density at radius 1 is 0.914 bits per heavy atom. The van der Waals surface area contributed by atoms with Gasteiger partial charge in [-0.05, 0) is 49.1 Å². The first-order valence-corrected chi connectivity index (χ1v) is 12.7. The molecule has 0 saturated carbocycles. The Kier molecular flexibility index (Phi) is 9.76.